The molecule has 106 valence electrons. The summed E-state index contributed by atoms with van der Waals surface area (Å²) in [5, 5.41) is 0. The van der Waals surface area contributed by atoms with Crippen molar-refractivity contribution in [2.75, 3.05) is 0 Å². The lowest BCUT2D eigenvalue weighted by Crippen LogP contribution is -2.18. The van der Waals surface area contributed by atoms with Crippen molar-refractivity contribution in [2.45, 2.75) is 26.3 Å². The van der Waals surface area contributed by atoms with Crippen LogP contribution in [0.2, 0.25) is 0 Å². The second-order valence-electron chi connectivity index (χ2n) is 4.98. The van der Waals surface area contributed by atoms with Crippen molar-refractivity contribution in [1.82, 2.24) is 0 Å². The topological polar surface area (TPSA) is 35.2 Å². The number of benzene rings is 2. The summed E-state index contributed by atoms with van der Waals surface area (Å²) in [7, 11) is 0. The van der Waals surface area contributed by atoms with Crippen molar-refractivity contribution in [1.29, 1.82) is 0 Å². The average molecular weight is 338 g/mol. The lowest BCUT2D eigenvalue weighted by atomic mass is 10.0. The summed E-state index contributed by atoms with van der Waals surface area (Å²) < 4.78 is 19.6. The Kier molecular flexibility index (Phi) is 4.78. The fourth-order valence-electron chi connectivity index (χ4n) is 2.03. The zero-order chi connectivity index (χ0) is 14.7. The van der Waals surface area contributed by atoms with Crippen LogP contribution in [0.25, 0.3) is 0 Å². The normalized spacial score (nSPS) is 12.2. The summed E-state index contributed by atoms with van der Waals surface area (Å²) in [6, 6.07) is 10.4. The van der Waals surface area contributed by atoms with Gasteiger partial charge in [-0.3, -0.25) is 0 Å². The fourth-order valence-corrected chi connectivity index (χ4v) is 2.48. The smallest absolute Gasteiger partial charge is 0.131 e. The first-order valence-corrected chi connectivity index (χ1v) is 7.22. The van der Waals surface area contributed by atoms with E-state index in [0.717, 1.165) is 12.0 Å². The van der Waals surface area contributed by atoms with Crippen LogP contribution in [0.3, 0.4) is 0 Å². The molecular formula is C16H17BrFNO. The third kappa shape index (κ3) is 4.05. The predicted octanol–water partition coefficient (Wildman–Crippen LogP) is 4.58. The molecule has 1 unspecified atom stereocenters. The first-order chi connectivity index (χ1) is 9.44. The van der Waals surface area contributed by atoms with Gasteiger partial charge in [-0.25, -0.2) is 4.39 Å². The van der Waals surface area contributed by atoms with Gasteiger partial charge in [0.05, 0.1) is 0 Å². The van der Waals surface area contributed by atoms with Crippen molar-refractivity contribution in [3.63, 3.8) is 0 Å². The van der Waals surface area contributed by atoms with Gasteiger partial charge >= 0.3 is 0 Å². The highest BCUT2D eigenvalue weighted by molar-refractivity contribution is 9.10. The molecule has 2 rings (SSSR count). The molecule has 0 aliphatic carbocycles. The van der Waals surface area contributed by atoms with Gasteiger partial charge in [-0.1, -0.05) is 22.0 Å². The van der Waals surface area contributed by atoms with Crippen molar-refractivity contribution in [3.05, 3.63) is 57.8 Å². The summed E-state index contributed by atoms with van der Waals surface area (Å²) in [4.78, 5) is 0. The van der Waals surface area contributed by atoms with E-state index in [1.165, 1.54) is 17.7 Å². The van der Waals surface area contributed by atoms with Crippen molar-refractivity contribution < 1.29 is 9.13 Å². The van der Waals surface area contributed by atoms with Crippen LogP contribution in [0.4, 0.5) is 4.39 Å². The zero-order valence-corrected chi connectivity index (χ0v) is 13.1. The predicted molar refractivity (Wildman–Crippen MR) is 82.7 cm³/mol. The number of nitrogens with two attached hydrogens (primary N) is 1. The van der Waals surface area contributed by atoms with Crippen LogP contribution < -0.4 is 10.5 Å². The van der Waals surface area contributed by atoms with Crippen LogP contribution in [-0.4, -0.2) is 6.04 Å². The average Bonchev–Trinajstić information content (AvgIpc) is 2.31. The second-order valence-corrected chi connectivity index (χ2v) is 5.89. The van der Waals surface area contributed by atoms with Crippen LogP contribution >= 0.6 is 15.9 Å². The Hall–Kier alpha value is -1.39. The van der Waals surface area contributed by atoms with Crippen LogP contribution in [0.1, 0.15) is 18.1 Å². The van der Waals surface area contributed by atoms with E-state index >= 15 is 0 Å². The number of halogens is 2. The van der Waals surface area contributed by atoms with E-state index in [2.05, 4.69) is 15.9 Å². The minimum absolute atomic E-state index is 0.125. The van der Waals surface area contributed by atoms with E-state index in [-0.39, 0.29) is 11.9 Å². The first kappa shape index (κ1) is 15.0. The molecule has 0 aromatic heterocycles. The van der Waals surface area contributed by atoms with E-state index < -0.39 is 0 Å². The molecule has 0 saturated heterocycles. The van der Waals surface area contributed by atoms with E-state index in [0.29, 0.717) is 16.0 Å². The van der Waals surface area contributed by atoms with Crippen LogP contribution in [0, 0.1) is 12.7 Å². The second kappa shape index (κ2) is 6.37. The van der Waals surface area contributed by atoms with Crippen molar-refractivity contribution >= 4 is 15.9 Å². The molecule has 4 heteroatoms. The van der Waals surface area contributed by atoms with Gasteiger partial charge in [-0.2, -0.15) is 0 Å². The molecule has 0 bridgehead atoms. The van der Waals surface area contributed by atoms with Gasteiger partial charge in [-0.05, 0) is 55.7 Å². The van der Waals surface area contributed by atoms with Crippen molar-refractivity contribution in [3.8, 4) is 11.5 Å². The third-order valence-electron chi connectivity index (χ3n) is 2.93. The summed E-state index contributed by atoms with van der Waals surface area (Å²) >= 11 is 3.25. The largest absolute Gasteiger partial charge is 0.457 e. The standard InChI is InChI=1S/C16H17BrFNO/c1-10-5-15(4-3-12(10)6-11(2)19)20-16-8-13(17)7-14(18)9-16/h3-5,7-9,11H,6,19H2,1-2H3. The molecule has 0 fully saturated rings. The van der Waals surface area contributed by atoms with E-state index in [1.54, 1.807) is 6.07 Å². The maximum Gasteiger partial charge on any atom is 0.131 e. The maximum atomic E-state index is 13.3. The van der Waals surface area contributed by atoms with Gasteiger partial charge in [-0.15, -0.1) is 0 Å². The minimum atomic E-state index is -0.334. The molecule has 0 spiro atoms. The maximum absolute atomic E-state index is 13.3. The van der Waals surface area contributed by atoms with Crippen molar-refractivity contribution in [2.24, 2.45) is 5.73 Å². The monoisotopic (exact) mass is 337 g/mol. The first-order valence-electron chi connectivity index (χ1n) is 6.43. The Labute approximate surface area is 126 Å². The molecule has 0 aliphatic heterocycles. The minimum Gasteiger partial charge on any atom is -0.457 e. The quantitative estimate of drug-likeness (QED) is 0.886. The van der Waals surface area contributed by atoms with Crippen LogP contribution in [0.5, 0.6) is 11.5 Å². The zero-order valence-electron chi connectivity index (χ0n) is 11.5. The van der Waals surface area contributed by atoms with E-state index in [9.17, 15) is 4.39 Å². The summed E-state index contributed by atoms with van der Waals surface area (Å²) in [5.74, 6) is 0.823. The van der Waals surface area contributed by atoms with Crippen LogP contribution in [-0.2, 0) is 6.42 Å². The Balaban J connectivity index is 2.19. The van der Waals surface area contributed by atoms with Gasteiger partial charge in [0, 0.05) is 16.6 Å². The molecule has 0 heterocycles. The Morgan fingerprint density at radius 3 is 2.55 bits per heavy atom. The van der Waals surface area contributed by atoms with Gasteiger partial charge in [0.25, 0.3) is 0 Å². The molecule has 0 amide bonds. The van der Waals surface area contributed by atoms with Gasteiger partial charge in [0.15, 0.2) is 0 Å². The molecule has 2 N–H and O–H groups in total. The molecule has 0 aliphatic rings. The Bertz CT molecular complexity index is 593. The number of hydrogen-bond acceptors (Lipinski definition) is 2. The van der Waals surface area contributed by atoms with E-state index in [1.807, 2.05) is 32.0 Å². The van der Waals surface area contributed by atoms with Gasteiger partial charge < -0.3 is 10.5 Å². The molecule has 2 aromatic carbocycles. The molecule has 0 saturated carbocycles. The highest BCUT2D eigenvalue weighted by atomic mass is 79.9. The van der Waals surface area contributed by atoms with Gasteiger partial charge in [0.2, 0.25) is 0 Å². The number of ether oxygens (including phenoxy) is 1. The summed E-state index contributed by atoms with van der Waals surface area (Å²) in [5.41, 5.74) is 8.13. The molecule has 2 nitrogen and oxygen atoms in total. The van der Waals surface area contributed by atoms with Gasteiger partial charge in [0.1, 0.15) is 17.3 Å². The summed E-state index contributed by atoms with van der Waals surface area (Å²) in [6.07, 6.45) is 0.831. The van der Waals surface area contributed by atoms with E-state index in [4.69, 9.17) is 10.5 Å². The highest BCUT2D eigenvalue weighted by Crippen LogP contribution is 2.27. The fraction of sp³-hybridized carbons (Fsp3) is 0.250. The molecule has 2 aromatic rings. The van der Waals surface area contributed by atoms with Crippen LogP contribution in [0.15, 0.2) is 40.9 Å². The molecule has 20 heavy (non-hydrogen) atoms. The highest BCUT2D eigenvalue weighted by Gasteiger charge is 2.06. The lowest BCUT2D eigenvalue weighted by molar-refractivity contribution is 0.475. The summed E-state index contributed by atoms with van der Waals surface area (Å²) in [6.45, 7) is 4.00. The molecular weight excluding hydrogens is 321 g/mol. The molecule has 1 atom stereocenters. The molecule has 0 radical (unpaired) electrons. The number of aryl methyl sites for hydroxylation is 1. The Morgan fingerprint density at radius 1 is 1.20 bits per heavy atom. The Morgan fingerprint density at radius 2 is 1.95 bits per heavy atom. The SMILES string of the molecule is Cc1cc(Oc2cc(F)cc(Br)c2)ccc1CC(C)N. The number of hydrogen-bond donors (Lipinski definition) is 1. The lowest BCUT2D eigenvalue weighted by Gasteiger charge is -2.12. The third-order valence-corrected chi connectivity index (χ3v) is 3.39. The number of rotatable bonds is 4.